The zero-order chi connectivity index (χ0) is 14.5. The van der Waals surface area contributed by atoms with Crippen LogP contribution in [0.25, 0.3) is 11.0 Å². The highest BCUT2D eigenvalue weighted by Gasteiger charge is 2.12. The van der Waals surface area contributed by atoms with Gasteiger partial charge in [0.1, 0.15) is 5.75 Å². The summed E-state index contributed by atoms with van der Waals surface area (Å²) in [5.41, 5.74) is 2.00. The molecule has 0 saturated carbocycles. The minimum atomic E-state index is 0.610. The van der Waals surface area contributed by atoms with Gasteiger partial charge in [-0.1, -0.05) is 11.8 Å². The summed E-state index contributed by atoms with van der Waals surface area (Å²) in [5.74, 6) is 1.86. The summed E-state index contributed by atoms with van der Waals surface area (Å²) in [6, 6.07) is 6.51. The maximum Gasteiger partial charge on any atom is 0.166 e. The van der Waals surface area contributed by atoms with E-state index >= 15 is 0 Å². The van der Waals surface area contributed by atoms with Crippen LogP contribution in [0, 0.1) is 0 Å². The summed E-state index contributed by atoms with van der Waals surface area (Å²) in [6.45, 7) is 2.77. The highest BCUT2D eigenvalue weighted by molar-refractivity contribution is 7.99. The molecule has 0 radical (unpaired) electrons. The number of methoxy groups -OCH3 is 1. The van der Waals surface area contributed by atoms with Crippen LogP contribution < -0.4 is 10.1 Å². The highest BCUT2D eigenvalue weighted by atomic mass is 32.2. The topological polar surface area (TPSA) is 59.2 Å². The lowest BCUT2D eigenvalue weighted by molar-refractivity contribution is 0.0786. The van der Waals surface area contributed by atoms with Crippen LogP contribution in [0.2, 0.25) is 0 Å². The number of ether oxygens (including phenoxy) is 2. The second kappa shape index (κ2) is 7.15. The van der Waals surface area contributed by atoms with Gasteiger partial charge in [-0.25, -0.2) is 4.98 Å². The summed E-state index contributed by atoms with van der Waals surface area (Å²) in [7, 11) is 1.68. The van der Waals surface area contributed by atoms with Gasteiger partial charge < -0.3 is 19.8 Å². The Hall–Kier alpha value is -1.24. The van der Waals surface area contributed by atoms with E-state index in [2.05, 4.69) is 15.3 Å². The fourth-order valence-electron chi connectivity index (χ4n) is 2.47. The molecule has 21 heavy (non-hydrogen) atoms. The quantitative estimate of drug-likeness (QED) is 0.634. The van der Waals surface area contributed by atoms with Crippen molar-refractivity contribution in [3.05, 3.63) is 18.2 Å². The Labute approximate surface area is 128 Å². The van der Waals surface area contributed by atoms with Crippen molar-refractivity contribution in [2.45, 2.75) is 24.0 Å². The molecule has 3 rings (SSSR count). The molecule has 0 bridgehead atoms. The minimum absolute atomic E-state index is 0.610. The van der Waals surface area contributed by atoms with E-state index in [0.717, 1.165) is 60.3 Å². The Balaban J connectivity index is 1.48. The molecule has 2 aromatic rings. The van der Waals surface area contributed by atoms with Crippen molar-refractivity contribution in [2.24, 2.45) is 0 Å². The minimum Gasteiger partial charge on any atom is -0.497 e. The van der Waals surface area contributed by atoms with Gasteiger partial charge in [-0.05, 0) is 25.0 Å². The number of nitrogens with one attached hydrogen (secondary N) is 2. The number of hydrogen-bond donors (Lipinski definition) is 2. The maximum absolute atomic E-state index is 5.36. The molecule has 1 fully saturated rings. The van der Waals surface area contributed by atoms with E-state index in [1.807, 2.05) is 18.2 Å². The molecule has 2 N–H and O–H groups in total. The molecular formula is C15H21N3O2S. The molecule has 6 heteroatoms. The summed E-state index contributed by atoms with van der Waals surface area (Å²) >= 11 is 1.75. The lowest BCUT2D eigenvalue weighted by atomic mass is 10.1. The number of H-pyrrole nitrogens is 1. The second-order valence-corrected chi connectivity index (χ2v) is 6.20. The molecule has 0 atom stereocenters. The molecule has 114 valence electrons. The van der Waals surface area contributed by atoms with Gasteiger partial charge in [-0.15, -0.1) is 0 Å². The number of fused-ring (bicyclic) bond motifs is 1. The normalized spacial score (nSPS) is 16.4. The summed E-state index contributed by atoms with van der Waals surface area (Å²) in [5, 5.41) is 4.55. The lowest BCUT2D eigenvalue weighted by Crippen LogP contribution is -2.35. The van der Waals surface area contributed by atoms with Gasteiger partial charge in [0, 0.05) is 37.6 Å². The molecule has 1 aromatic heterocycles. The zero-order valence-corrected chi connectivity index (χ0v) is 13.0. The number of benzene rings is 1. The number of hydrogen-bond acceptors (Lipinski definition) is 5. The van der Waals surface area contributed by atoms with Crippen molar-refractivity contribution in [3.8, 4) is 5.75 Å². The molecule has 1 aromatic carbocycles. The molecular weight excluding hydrogens is 286 g/mol. The first-order valence-electron chi connectivity index (χ1n) is 7.33. The van der Waals surface area contributed by atoms with Crippen LogP contribution in [0.1, 0.15) is 12.8 Å². The highest BCUT2D eigenvalue weighted by Crippen LogP contribution is 2.22. The van der Waals surface area contributed by atoms with Gasteiger partial charge in [-0.2, -0.15) is 0 Å². The number of imidazole rings is 1. The lowest BCUT2D eigenvalue weighted by Gasteiger charge is -2.22. The molecule has 1 aliphatic rings. The van der Waals surface area contributed by atoms with E-state index in [9.17, 15) is 0 Å². The first-order valence-corrected chi connectivity index (χ1v) is 8.31. The number of nitrogens with zero attached hydrogens (tertiary/aromatic N) is 1. The number of aromatic nitrogens is 2. The number of aromatic amines is 1. The SMILES string of the molecule is COc1ccc2nc(SCCNC3CCOCC3)[nH]c2c1. The van der Waals surface area contributed by atoms with Crippen LogP contribution in [-0.4, -0.2) is 48.6 Å². The third kappa shape index (κ3) is 3.90. The van der Waals surface area contributed by atoms with Gasteiger partial charge in [0.05, 0.1) is 18.1 Å². The Morgan fingerprint density at radius 1 is 1.43 bits per heavy atom. The predicted octanol–water partition coefficient (Wildman–Crippen LogP) is 2.43. The molecule has 1 saturated heterocycles. The average molecular weight is 307 g/mol. The van der Waals surface area contributed by atoms with E-state index in [1.54, 1.807) is 18.9 Å². The largest absolute Gasteiger partial charge is 0.497 e. The van der Waals surface area contributed by atoms with Crippen LogP contribution in [0.3, 0.4) is 0 Å². The number of thioether (sulfide) groups is 1. The zero-order valence-electron chi connectivity index (χ0n) is 12.2. The Morgan fingerprint density at radius 2 is 2.29 bits per heavy atom. The van der Waals surface area contributed by atoms with E-state index in [4.69, 9.17) is 9.47 Å². The summed E-state index contributed by atoms with van der Waals surface area (Å²) in [4.78, 5) is 7.91. The van der Waals surface area contributed by atoms with Crippen molar-refractivity contribution in [1.29, 1.82) is 0 Å². The van der Waals surface area contributed by atoms with E-state index in [-0.39, 0.29) is 0 Å². The first kappa shape index (κ1) is 14.7. The molecule has 0 aliphatic carbocycles. The smallest absolute Gasteiger partial charge is 0.166 e. The Morgan fingerprint density at radius 3 is 3.10 bits per heavy atom. The average Bonchev–Trinajstić information content (AvgIpc) is 2.94. The fourth-order valence-corrected chi connectivity index (χ4v) is 3.23. The molecule has 5 nitrogen and oxygen atoms in total. The van der Waals surface area contributed by atoms with E-state index in [1.165, 1.54) is 0 Å². The van der Waals surface area contributed by atoms with Gasteiger partial charge >= 0.3 is 0 Å². The van der Waals surface area contributed by atoms with Crippen molar-refractivity contribution in [3.63, 3.8) is 0 Å². The van der Waals surface area contributed by atoms with Crippen LogP contribution in [0.5, 0.6) is 5.75 Å². The molecule has 2 heterocycles. The molecule has 1 aliphatic heterocycles. The van der Waals surface area contributed by atoms with Crippen molar-refractivity contribution in [2.75, 3.05) is 32.6 Å². The van der Waals surface area contributed by atoms with Crippen molar-refractivity contribution < 1.29 is 9.47 Å². The molecule has 0 unspecified atom stereocenters. The third-order valence-electron chi connectivity index (χ3n) is 3.66. The van der Waals surface area contributed by atoms with Crippen LogP contribution in [0.4, 0.5) is 0 Å². The maximum atomic E-state index is 5.36. The van der Waals surface area contributed by atoms with Crippen LogP contribution in [-0.2, 0) is 4.74 Å². The third-order valence-corrected chi connectivity index (χ3v) is 4.54. The van der Waals surface area contributed by atoms with Crippen LogP contribution >= 0.6 is 11.8 Å². The Bertz CT molecular complexity index is 581. The standard InChI is InChI=1S/C15H21N3O2S/c1-19-12-2-3-13-14(10-12)18-15(17-13)21-9-6-16-11-4-7-20-8-5-11/h2-3,10-11,16H,4-9H2,1H3,(H,17,18). The first-order chi connectivity index (χ1) is 10.3. The van der Waals surface area contributed by atoms with Gasteiger partial charge in [-0.3, -0.25) is 0 Å². The van der Waals surface area contributed by atoms with Crippen molar-refractivity contribution >= 4 is 22.8 Å². The monoisotopic (exact) mass is 307 g/mol. The summed E-state index contributed by atoms with van der Waals surface area (Å²) in [6.07, 6.45) is 2.24. The van der Waals surface area contributed by atoms with Crippen molar-refractivity contribution in [1.82, 2.24) is 15.3 Å². The van der Waals surface area contributed by atoms with Gasteiger partial charge in [0.15, 0.2) is 5.16 Å². The summed E-state index contributed by atoms with van der Waals surface area (Å²) < 4.78 is 10.6. The van der Waals surface area contributed by atoms with Gasteiger partial charge in [0.2, 0.25) is 0 Å². The van der Waals surface area contributed by atoms with E-state index < -0.39 is 0 Å². The molecule has 0 spiro atoms. The predicted molar refractivity (Wildman–Crippen MR) is 85.2 cm³/mol. The molecule has 0 amide bonds. The van der Waals surface area contributed by atoms with Gasteiger partial charge in [0.25, 0.3) is 0 Å². The van der Waals surface area contributed by atoms with E-state index in [0.29, 0.717) is 6.04 Å². The Kier molecular flexibility index (Phi) is 5.00. The number of rotatable bonds is 6. The second-order valence-electron chi connectivity index (χ2n) is 5.11. The van der Waals surface area contributed by atoms with Crippen LogP contribution in [0.15, 0.2) is 23.4 Å². The fraction of sp³-hybridized carbons (Fsp3) is 0.533.